The van der Waals surface area contributed by atoms with Crippen LogP contribution in [0.25, 0.3) is 0 Å². The summed E-state index contributed by atoms with van der Waals surface area (Å²) < 4.78 is 58.6. The van der Waals surface area contributed by atoms with Gasteiger partial charge in [-0.2, -0.15) is 0 Å². The number of nitrogens with zero attached hydrogens (tertiary/aromatic N) is 4. The maximum atomic E-state index is 14.6. The summed E-state index contributed by atoms with van der Waals surface area (Å²) in [7, 11) is 0. The van der Waals surface area contributed by atoms with Crippen molar-refractivity contribution in [2.24, 2.45) is 0 Å². The van der Waals surface area contributed by atoms with E-state index in [4.69, 9.17) is 0 Å². The van der Waals surface area contributed by atoms with Gasteiger partial charge < -0.3 is 0 Å². The molecule has 0 unspecified atom stereocenters. The summed E-state index contributed by atoms with van der Waals surface area (Å²) in [5.41, 5.74) is 1.82. The minimum absolute atomic E-state index is 0.0227. The Kier molecular flexibility index (Phi) is 6.82. The first-order valence-electron chi connectivity index (χ1n) is 13.1. The molecule has 3 heterocycles. The molecule has 4 aromatic rings. The van der Waals surface area contributed by atoms with Gasteiger partial charge in [0.2, 0.25) is 0 Å². The van der Waals surface area contributed by atoms with Crippen molar-refractivity contribution in [1.29, 1.82) is 0 Å². The van der Waals surface area contributed by atoms with Crippen molar-refractivity contribution in [2.45, 2.75) is 32.6 Å². The van der Waals surface area contributed by atoms with Crippen molar-refractivity contribution in [3.63, 3.8) is 0 Å². The average Bonchev–Trinajstić information content (AvgIpc) is 3.33. The van der Waals surface area contributed by atoms with Crippen LogP contribution in [0.15, 0.2) is 65.5 Å². The Morgan fingerprint density at radius 1 is 0.707 bits per heavy atom. The van der Waals surface area contributed by atoms with Crippen LogP contribution in [0.4, 0.5) is 17.6 Å². The first-order chi connectivity index (χ1) is 19.7. The molecule has 2 amide bonds. The van der Waals surface area contributed by atoms with Crippen molar-refractivity contribution < 1.29 is 27.2 Å². The Morgan fingerprint density at radius 3 is 2.05 bits per heavy atom. The van der Waals surface area contributed by atoms with Crippen molar-refractivity contribution in [3.05, 3.63) is 128 Å². The highest BCUT2D eigenvalue weighted by Crippen LogP contribution is 2.24. The lowest BCUT2D eigenvalue weighted by Gasteiger charge is -2.27. The Balaban J connectivity index is 1.32. The normalized spacial score (nSPS) is 15.0. The number of fused-ring (bicyclic) bond motifs is 2. The fraction of sp³-hybridized carbons (Fsp3) is 0.233. The zero-order chi connectivity index (χ0) is 28.8. The van der Waals surface area contributed by atoms with Crippen LogP contribution >= 0.6 is 0 Å². The molecule has 0 atom stereocenters. The molecular weight excluding hydrogens is 540 g/mol. The summed E-state index contributed by atoms with van der Waals surface area (Å²) in [5, 5.41) is 0. The van der Waals surface area contributed by atoms with E-state index in [0.717, 1.165) is 23.1 Å². The number of hydrogen-bond acceptors (Lipinski definition) is 4. The van der Waals surface area contributed by atoms with E-state index >= 15 is 0 Å². The van der Waals surface area contributed by atoms with Gasteiger partial charge in [-0.15, -0.1) is 0 Å². The number of halogens is 4. The first-order valence-corrected chi connectivity index (χ1v) is 13.1. The van der Waals surface area contributed by atoms with E-state index in [1.165, 1.54) is 22.9 Å². The molecule has 2 aliphatic rings. The van der Waals surface area contributed by atoms with Crippen molar-refractivity contribution in [3.8, 4) is 0 Å². The van der Waals surface area contributed by atoms with Crippen LogP contribution in [0.1, 0.15) is 43.1 Å². The maximum absolute atomic E-state index is 14.6. The molecule has 3 aromatic carbocycles. The van der Waals surface area contributed by atoms with Crippen LogP contribution in [-0.4, -0.2) is 44.1 Å². The van der Waals surface area contributed by atoms with E-state index in [-0.39, 0.29) is 38.3 Å². The standard InChI is InChI=1S/C30H24F4N4O3/c31-20-6-5-19(26(34)14-20)16-38-30(41)25-17-35(15-18-11-21(32)13-22(33)12-18)8-7-27(25)37(38)10-9-36-28(39)23-3-1-2-4-24(23)29(36)40/h1-6,11-14H,7-10,15-17H2. The van der Waals surface area contributed by atoms with Crippen LogP contribution in [0.3, 0.4) is 0 Å². The van der Waals surface area contributed by atoms with Gasteiger partial charge >= 0.3 is 0 Å². The van der Waals surface area contributed by atoms with Gasteiger partial charge in [0.1, 0.15) is 23.3 Å². The number of imide groups is 1. The molecule has 0 N–H and O–H groups in total. The van der Waals surface area contributed by atoms with Crippen LogP contribution in [-0.2, 0) is 32.6 Å². The molecule has 2 aliphatic heterocycles. The second-order valence-electron chi connectivity index (χ2n) is 10.2. The molecule has 1 aromatic heterocycles. The van der Waals surface area contributed by atoms with Crippen LogP contribution < -0.4 is 5.56 Å². The molecule has 0 radical (unpaired) electrons. The Bertz CT molecular complexity index is 1710. The fourth-order valence-electron chi connectivity index (χ4n) is 5.65. The molecule has 41 heavy (non-hydrogen) atoms. The summed E-state index contributed by atoms with van der Waals surface area (Å²) in [6.07, 6.45) is 0.392. The molecule has 0 aliphatic carbocycles. The highest BCUT2D eigenvalue weighted by Gasteiger charge is 2.35. The van der Waals surface area contributed by atoms with E-state index in [2.05, 4.69) is 0 Å². The second kappa shape index (κ2) is 10.5. The molecule has 0 saturated carbocycles. The van der Waals surface area contributed by atoms with Crippen LogP contribution in [0.2, 0.25) is 0 Å². The van der Waals surface area contributed by atoms with Crippen molar-refractivity contribution >= 4 is 11.8 Å². The van der Waals surface area contributed by atoms with Gasteiger partial charge in [0.15, 0.2) is 0 Å². The molecule has 0 spiro atoms. The Morgan fingerprint density at radius 2 is 1.39 bits per heavy atom. The van der Waals surface area contributed by atoms with E-state index in [1.807, 2.05) is 4.90 Å². The molecule has 0 fully saturated rings. The Labute approximate surface area is 231 Å². The minimum Gasteiger partial charge on any atom is -0.294 e. The third kappa shape index (κ3) is 4.97. The lowest BCUT2D eigenvalue weighted by Crippen LogP contribution is -2.35. The monoisotopic (exact) mass is 564 g/mol. The molecule has 7 nitrogen and oxygen atoms in total. The van der Waals surface area contributed by atoms with E-state index < -0.39 is 40.6 Å². The molecule has 0 saturated heterocycles. The smallest absolute Gasteiger partial charge is 0.271 e. The third-order valence-electron chi connectivity index (χ3n) is 7.57. The molecule has 11 heteroatoms. The first kappa shape index (κ1) is 26.7. The van der Waals surface area contributed by atoms with E-state index in [1.54, 1.807) is 28.9 Å². The summed E-state index contributed by atoms with van der Waals surface area (Å²) in [6, 6.07) is 12.9. The topological polar surface area (TPSA) is 67.5 Å². The lowest BCUT2D eigenvalue weighted by atomic mass is 10.1. The van der Waals surface area contributed by atoms with Crippen LogP contribution in [0.5, 0.6) is 0 Å². The third-order valence-corrected chi connectivity index (χ3v) is 7.57. The van der Waals surface area contributed by atoms with Gasteiger partial charge in [0.05, 0.1) is 29.8 Å². The van der Waals surface area contributed by atoms with Crippen LogP contribution in [0, 0.1) is 23.3 Å². The number of amides is 2. The Hall–Kier alpha value is -4.51. The summed E-state index contributed by atoms with van der Waals surface area (Å²) in [4.78, 5) is 42.5. The van der Waals surface area contributed by atoms with Gasteiger partial charge in [-0.25, -0.2) is 22.2 Å². The highest BCUT2D eigenvalue weighted by atomic mass is 19.1. The number of rotatable bonds is 7. The zero-order valence-corrected chi connectivity index (χ0v) is 21.7. The zero-order valence-electron chi connectivity index (χ0n) is 21.7. The van der Waals surface area contributed by atoms with E-state index in [0.29, 0.717) is 40.9 Å². The number of hydrogen-bond donors (Lipinski definition) is 0. The summed E-state index contributed by atoms with van der Waals surface area (Å²) in [5.74, 6) is -3.81. The molecular formula is C30H24F4N4O3. The predicted molar refractivity (Wildman–Crippen MR) is 140 cm³/mol. The predicted octanol–water partition coefficient (Wildman–Crippen LogP) is 4.11. The van der Waals surface area contributed by atoms with Gasteiger partial charge in [-0.05, 0) is 35.9 Å². The number of carbonyl (C=O) groups excluding carboxylic acids is 2. The van der Waals surface area contributed by atoms with E-state index in [9.17, 15) is 31.9 Å². The minimum atomic E-state index is -0.808. The van der Waals surface area contributed by atoms with Gasteiger partial charge in [0, 0.05) is 56.0 Å². The fourth-order valence-corrected chi connectivity index (χ4v) is 5.65. The van der Waals surface area contributed by atoms with Gasteiger partial charge in [-0.1, -0.05) is 18.2 Å². The lowest BCUT2D eigenvalue weighted by molar-refractivity contribution is 0.0645. The highest BCUT2D eigenvalue weighted by molar-refractivity contribution is 6.21. The molecule has 210 valence electrons. The summed E-state index contributed by atoms with van der Waals surface area (Å²) >= 11 is 0. The number of carbonyl (C=O) groups is 2. The average molecular weight is 565 g/mol. The quantitative estimate of drug-likeness (QED) is 0.250. The van der Waals surface area contributed by atoms with Crippen molar-refractivity contribution in [2.75, 3.05) is 13.1 Å². The summed E-state index contributed by atoms with van der Waals surface area (Å²) in [6.45, 7) is 0.708. The SMILES string of the molecule is O=C1c2ccccc2C(=O)N1CCn1c2c(c(=O)n1Cc1ccc(F)cc1F)CN(Cc1cc(F)cc(F)c1)CC2. The van der Waals surface area contributed by atoms with Crippen molar-refractivity contribution in [1.82, 2.24) is 19.2 Å². The number of benzene rings is 3. The number of aromatic nitrogens is 2. The van der Waals surface area contributed by atoms with Gasteiger partial charge in [-0.3, -0.25) is 28.9 Å². The second-order valence-corrected chi connectivity index (χ2v) is 10.2. The van der Waals surface area contributed by atoms with Gasteiger partial charge in [0.25, 0.3) is 17.4 Å². The maximum Gasteiger partial charge on any atom is 0.271 e. The largest absolute Gasteiger partial charge is 0.294 e. The molecule has 6 rings (SSSR count). The molecule has 0 bridgehead atoms.